The number of halogens is 1. The number of rotatable bonds is 4. The Morgan fingerprint density at radius 3 is 3.10 bits per heavy atom. The molecule has 2 aromatic heterocycles. The number of anilines is 1. The van der Waals surface area contributed by atoms with Crippen molar-refractivity contribution in [2.24, 2.45) is 0 Å². The first-order valence-electron chi connectivity index (χ1n) is 5.99. The van der Waals surface area contributed by atoms with E-state index in [1.807, 2.05) is 18.2 Å². The number of benzene rings is 1. The smallest absolute Gasteiger partial charge is 0.160 e. The van der Waals surface area contributed by atoms with Gasteiger partial charge in [-0.05, 0) is 12.1 Å². The summed E-state index contributed by atoms with van der Waals surface area (Å²) in [4.78, 5) is 8.30. The molecule has 0 aliphatic heterocycles. The fourth-order valence-corrected chi connectivity index (χ4v) is 2.21. The summed E-state index contributed by atoms with van der Waals surface area (Å²) < 4.78 is 5.31. The second kappa shape index (κ2) is 5.34. The van der Waals surface area contributed by atoms with Crippen LogP contribution >= 0.6 is 11.6 Å². The van der Waals surface area contributed by atoms with E-state index in [1.165, 1.54) is 6.33 Å². The monoisotopic (exact) mass is 289 g/mol. The standard InChI is InChI=1S/C13H12ClN5O/c1-20-11-4-2-3-10(14)8(11)5-15-12-9-6-18-19-13(9)17-7-16-12/h2-4,6-7H,5H2,1H3,(H2,15,16,17,18,19). The van der Waals surface area contributed by atoms with Crippen molar-refractivity contribution < 1.29 is 4.74 Å². The summed E-state index contributed by atoms with van der Waals surface area (Å²) in [6, 6.07) is 5.55. The van der Waals surface area contributed by atoms with E-state index in [-0.39, 0.29) is 0 Å². The highest BCUT2D eigenvalue weighted by Gasteiger charge is 2.09. The number of hydrogen-bond donors (Lipinski definition) is 2. The Labute approximate surface area is 120 Å². The first kappa shape index (κ1) is 12.7. The minimum Gasteiger partial charge on any atom is -0.496 e. The Balaban J connectivity index is 1.88. The minimum absolute atomic E-state index is 0.500. The molecule has 3 aromatic rings. The van der Waals surface area contributed by atoms with Gasteiger partial charge in [0, 0.05) is 17.1 Å². The number of hydrogen-bond acceptors (Lipinski definition) is 5. The molecule has 6 nitrogen and oxygen atoms in total. The van der Waals surface area contributed by atoms with Crippen molar-refractivity contribution in [3.05, 3.63) is 41.3 Å². The fourth-order valence-electron chi connectivity index (χ4n) is 1.98. The molecule has 0 saturated heterocycles. The molecule has 1 aromatic carbocycles. The molecular formula is C13H12ClN5O. The Morgan fingerprint density at radius 1 is 1.35 bits per heavy atom. The van der Waals surface area contributed by atoms with E-state index in [1.54, 1.807) is 13.3 Å². The van der Waals surface area contributed by atoms with E-state index in [4.69, 9.17) is 16.3 Å². The Bertz CT molecular complexity index is 742. The van der Waals surface area contributed by atoms with Gasteiger partial charge >= 0.3 is 0 Å². The number of nitrogens with one attached hydrogen (secondary N) is 2. The van der Waals surface area contributed by atoms with E-state index < -0.39 is 0 Å². The largest absolute Gasteiger partial charge is 0.496 e. The summed E-state index contributed by atoms with van der Waals surface area (Å²) in [5, 5.41) is 11.5. The van der Waals surface area contributed by atoms with Crippen molar-refractivity contribution in [2.45, 2.75) is 6.54 Å². The maximum atomic E-state index is 6.20. The van der Waals surface area contributed by atoms with E-state index >= 15 is 0 Å². The van der Waals surface area contributed by atoms with Crippen molar-refractivity contribution in [1.82, 2.24) is 20.2 Å². The summed E-state index contributed by atoms with van der Waals surface area (Å²) in [7, 11) is 1.62. The predicted molar refractivity (Wildman–Crippen MR) is 77.0 cm³/mol. The van der Waals surface area contributed by atoms with Crippen LogP contribution in [0.4, 0.5) is 5.82 Å². The molecule has 3 rings (SSSR count). The first-order chi connectivity index (χ1) is 9.79. The maximum absolute atomic E-state index is 6.20. The topological polar surface area (TPSA) is 75.7 Å². The lowest BCUT2D eigenvalue weighted by Gasteiger charge is -2.11. The van der Waals surface area contributed by atoms with Gasteiger partial charge < -0.3 is 10.1 Å². The zero-order valence-electron chi connectivity index (χ0n) is 10.7. The van der Waals surface area contributed by atoms with E-state index in [2.05, 4.69) is 25.5 Å². The van der Waals surface area contributed by atoms with Crippen LogP contribution in [0.1, 0.15) is 5.56 Å². The van der Waals surface area contributed by atoms with Crippen LogP contribution in [-0.2, 0) is 6.54 Å². The molecule has 0 bridgehead atoms. The third-order valence-electron chi connectivity index (χ3n) is 2.98. The fraction of sp³-hybridized carbons (Fsp3) is 0.154. The Hall–Kier alpha value is -2.34. The minimum atomic E-state index is 0.500. The average Bonchev–Trinajstić information content (AvgIpc) is 2.94. The summed E-state index contributed by atoms with van der Waals surface area (Å²) >= 11 is 6.20. The zero-order valence-corrected chi connectivity index (χ0v) is 11.5. The molecule has 7 heteroatoms. The molecule has 0 aliphatic rings. The van der Waals surface area contributed by atoms with Crippen LogP contribution in [0.3, 0.4) is 0 Å². The Morgan fingerprint density at radius 2 is 2.25 bits per heavy atom. The maximum Gasteiger partial charge on any atom is 0.160 e. The molecule has 0 aliphatic carbocycles. The second-order valence-electron chi connectivity index (χ2n) is 4.13. The molecule has 0 unspecified atom stereocenters. The van der Waals surface area contributed by atoms with E-state index in [0.717, 1.165) is 16.7 Å². The van der Waals surface area contributed by atoms with Gasteiger partial charge in [0.25, 0.3) is 0 Å². The molecular weight excluding hydrogens is 278 g/mol. The van der Waals surface area contributed by atoms with Crippen LogP contribution in [0.2, 0.25) is 5.02 Å². The van der Waals surface area contributed by atoms with E-state index in [9.17, 15) is 0 Å². The first-order valence-corrected chi connectivity index (χ1v) is 6.36. The van der Waals surface area contributed by atoms with Crippen LogP contribution in [-0.4, -0.2) is 27.3 Å². The molecule has 102 valence electrons. The third-order valence-corrected chi connectivity index (χ3v) is 3.33. The molecule has 0 amide bonds. The van der Waals surface area contributed by atoms with Gasteiger partial charge in [-0.3, -0.25) is 5.10 Å². The number of ether oxygens (including phenoxy) is 1. The summed E-state index contributed by atoms with van der Waals surface area (Å²) in [6.07, 6.45) is 3.16. The lowest BCUT2D eigenvalue weighted by Crippen LogP contribution is -2.04. The van der Waals surface area contributed by atoms with Gasteiger partial charge in [0.2, 0.25) is 0 Å². The van der Waals surface area contributed by atoms with Crippen molar-refractivity contribution in [3.8, 4) is 5.75 Å². The molecule has 0 atom stereocenters. The number of nitrogens with zero attached hydrogens (tertiary/aromatic N) is 3. The lowest BCUT2D eigenvalue weighted by atomic mass is 10.2. The zero-order chi connectivity index (χ0) is 13.9. The highest BCUT2D eigenvalue weighted by atomic mass is 35.5. The van der Waals surface area contributed by atoms with Gasteiger partial charge in [-0.15, -0.1) is 0 Å². The SMILES string of the molecule is COc1cccc(Cl)c1CNc1ncnc2[nH]ncc12. The quantitative estimate of drug-likeness (QED) is 0.772. The molecule has 2 heterocycles. The molecule has 0 radical (unpaired) electrons. The number of aromatic nitrogens is 4. The highest BCUT2D eigenvalue weighted by molar-refractivity contribution is 6.31. The normalized spacial score (nSPS) is 10.7. The highest BCUT2D eigenvalue weighted by Crippen LogP contribution is 2.27. The van der Waals surface area contributed by atoms with Crippen LogP contribution in [0.15, 0.2) is 30.7 Å². The van der Waals surface area contributed by atoms with Crippen molar-refractivity contribution in [1.29, 1.82) is 0 Å². The number of aromatic amines is 1. The lowest BCUT2D eigenvalue weighted by molar-refractivity contribution is 0.410. The number of fused-ring (bicyclic) bond motifs is 1. The molecule has 0 spiro atoms. The molecule has 2 N–H and O–H groups in total. The van der Waals surface area contributed by atoms with Gasteiger partial charge in [0.05, 0.1) is 18.7 Å². The number of H-pyrrole nitrogens is 1. The van der Waals surface area contributed by atoms with Gasteiger partial charge in [-0.25, -0.2) is 9.97 Å². The second-order valence-corrected chi connectivity index (χ2v) is 4.54. The third kappa shape index (κ3) is 2.25. The summed E-state index contributed by atoms with van der Waals surface area (Å²) in [5.74, 6) is 1.44. The average molecular weight is 290 g/mol. The van der Waals surface area contributed by atoms with Crippen molar-refractivity contribution in [3.63, 3.8) is 0 Å². The van der Waals surface area contributed by atoms with Gasteiger partial charge in [0.1, 0.15) is 17.9 Å². The van der Waals surface area contributed by atoms with Crippen LogP contribution < -0.4 is 10.1 Å². The van der Waals surface area contributed by atoms with Crippen LogP contribution in [0.25, 0.3) is 11.0 Å². The predicted octanol–water partition coefficient (Wildman–Crippen LogP) is 2.63. The summed E-state index contributed by atoms with van der Waals surface area (Å²) in [5.41, 5.74) is 1.57. The van der Waals surface area contributed by atoms with E-state index in [0.29, 0.717) is 23.0 Å². The van der Waals surface area contributed by atoms with Gasteiger partial charge in [0.15, 0.2) is 5.65 Å². The molecule has 0 saturated carbocycles. The van der Waals surface area contributed by atoms with Gasteiger partial charge in [-0.2, -0.15) is 5.10 Å². The van der Waals surface area contributed by atoms with Crippen molar-refractivity contribution >= 4 is 28.5 Å². The Kier molecular flexibility index (Phi) is 3.39. The van der Waals surface area contributed by atoms with Gasteiger partial charge in [-0.1, -0.05) is 17.7 Å². The summed E-state index contributed by atoms with van der Waals surface area (Å²) in [6.45, 7) is 0.500. The molecule has 0 fully saturated rings. The van der Waals surface area contributed by atoms with Crippen molar-refractivity contribution in [2.75, 3.05) is 12.4 Å². The number of methoxy groups -OCH3 is 1. The van der Waals surface area contributed by atoms with Crippen LogP contribution in [0.5, 0.6) is 5.75 Å². The molecule has 20 heavy (non-hydrogen) atoms. The van der Waals surface area contributed by atoms with Crippen LogP contribution in [0, 0.1) is 0 Å².